The van der Waals surface area contributed by atoms with Crippen LogP contribution in [0.15, 0.2) is 58.4 Å². The van der Waals surface area contributed by atoms with Gasteiger partial charge in [0.2, 0.25) is 12.7 Å². The standard InChI is InChI=1S/C22H16BrNO5S/c1-27-22(26)20-16(14-4-6-15(23)7-5-14)11-30-21(20)24-19(25)9-3-13-2-8-17-18(10-13)29-12-28-17/h2-11H,12H2,1H3,(H,24,25). The number of anilines is 1. The minimum atomic E-state index is -0.510. The Bertz CT molecular complexity index is 1140. The summed E-state index contributed by atoms with van der Waals surface area (Å²) in [5, 5.41) is 5.03. The van der Waals surface area contributed by atoms with Crippen LogP contribution in [0.4, 0.5) is 5.00 Å². The normalized spacial score (nSPS) is 12.2. The second-order valence-corrected chi connectivity index (χ2v) is 8.08. The van der Waals surface area contributed by atoms with Crippen LogP contribution in [0.25, 0.3) is 17.2 Å². The van der Waals surface area contributed by atoms with Gasteiger partial charge in [-0.05, 0) is 41.5 Å². The molecule has 1 aliphatic rings. The molecule has 6 nitrogen and oxygen atoms in total. The number of benzene rings is 2. The van der Waals surface area contributed by atoms with E-state index in [9.17, 15) is 9.59 Å². The Morgan fingerprint density at radius 1 is 1.13 bits per heavy atom. The Kier molecular flexibility index (Phi) is 5.87. The van der Waals surface area contributed by atoms with Gasteiger partial charge in [0.15, 0.2) is 11.5 Å². The van der Waals surface area contributed by atoms with Crippen molar-refractivity contribution in [2.75, 3.05) is 19.2 Å². The molecule has 0 fully saturated rings. The molecule has 3 aromatic rings. The number of esters is 1. The molecule has 2 heterocycles. The number of amides is 1. The summed E-state index contributed by atoms with van der Waals surface area (Å²) in [6, 6.07) is 13.0. The first kappa shape index (κ1) is 20.2. The maximum absolute atomic E-state index is 12.5. The number of fused-ring (bicyclic) bond motifs is 1. The molecular formula is C22H16BrNO5S. The van der Waals surface area contributed by atoms with Gasteiger partial charge in [-0.3, -0.25) is 4.79 Å². The second kappa shape index (κ2) is 8.73. The number of halogens is 1. The SMILES string of the molecule is COC(=O)c1c(-c2ccc(Br)cc2)csc1NC(=O)C=Cc1ccc2c(c1)OCO2. The summed E-state index contributed by atoms with van der Waals surface area (Å²) in [5.74, 6) is 0.451. The molecule has 0 saturated heterocycles. The molecule has 152 valence electrons. The average Bonchev–Trinajstić information content (AvgIpc) is 3.39. The lowest BCUT2D eigenvalue weighted by Gasteiger charge is -2.07. The molecule has 8 heteroatoms. The Labute approximate surface area is 185 Å². The maximum atomic E-state index is 12.5. The number of carbonyl (C=O) groups excluding carboxylic acids is 2. The summed E-state index contributed by atoms with van der Waals surface area (Å²) in [6.45, 7) is 0.193. The zero-order valence-electron chi connectivity index (χ0n) is 15.8. The van der Waals surface area contributed by atoms with Crippen LogP contribution in [-0.4, -0.2) is 25.8 Å². The summed E-state index contributed by atoms with van der Waals surface area (Å²) in [5.41, 5.74) is 2.68. The van der Waals surface area contributed by atoms with Gasteiger partial charge in [0.25, 0.3) is 0 Å². The second-order valence-electron chi connectivity index (χ2n) is 6.29. The monoisotopic (exact) mass is 485 g/mol. The van der Waals surface area contributed by atoms with E-state index < -0.39 is 5.97 Å². The van der Waals surface area contributed by atoms with Gasteiger partial charge in [0.1, 0.15) is 10.6 Å². The van der Waals surface area contributed by atoms with E-state index in [0.717, 1.165) is 15.6 Å². The highest BCUT2D eigenvalue weighted by Gasteiger charge is 2.22. The summed E-state index contributed by atoms with van der Waals surface area (Å²) in [7, 11) is 1.32. The third-order valence-electron chi connectivity index (χ3n) is 4.40. The van der Waals surface area contributed by atoms with Crippen LogP contribution in [0.1, 0.15) is 15.9 Å². The number of hydrogen-bond donors (Lipinski definition) is 1. The van der Waals surface area contributed by atoms with Gasteiger partial charge in [0.05, 0.1) is 7.11 Å². The highest BCUT2D eigenvalue weighted by molar-refractivity contribution is 9.10. The van der Waals surface area contributed by atoms with Crippen molar-refractivity contribution in [2.24, 2.45) is 0 Å². The molecule has 0 unspecified atom stereocenters. The fraction of sp³-hybridized carbons (Fsp3) is 0.0909. The van der Waals surface area contributed by atoms with Gasteiger partial charge in [-0.25, -0.2) is 4.79 Å². The van der Waals surface area contributed by atoms with E-state index >= 15 is 0 Å². The summed E-state index contributed by atoms with van der Waals surface area (Å²) in [4.78, 5) is 24.9. The highest BCUT2D eigenvalue weighted by atomic mass is 79.9. The smallest absolute Gasteiger partial charge is 0.341 e. The van der Waals surface area contributed by atoms with Crippen molar-refractivity contribution >= 4 is 50.2 Å². The van der Waals surface area contributed by atoms with Crippen LogP contribution in [0.5, 0.6) is 11.5 Å². The van der Waals surface area contributed by atoms with Gasteiger partial charge in [-0.15, -0.1) is 11.3 Å². The molecule has 2 aromatic carbocycles. The number of thiophene rings is 1. The topological polar surface area (TPSA) is 73.9 Å². The van der Waals surface area contributed by atoms with Crippen molar-refractivity contribution in [3.8, 4) is 22.6 Å². The number of nitrogens with one attached hydrogen (secondary N) is 1. The lowest BCUT2D eigenvalue weighted by molar-refractivity contribution is -0.111. The van der Waals surface area contributed by atoms with Crippen molar-refractivity contribution in [1.82, 2.24) is 0 Å². The van der Waals surface area contributed by atoms with E-state index in [-0.39, 0.29) is 12.7 Å². The Morgan fingerprint density at radius 2 is 1.90 bits per heavy atom. The lowest BCUT2D eigenvalue weighted by Crippen LogP contribution is -2.11. The third-order valence-corrected chi connectivity index (χ3v) is 5.82. The van der Waals surface area contributed by atoms with E-state index in [0.29, 0.717) is 27.6 Å². The molecule has 0 aliphatic carbocycles. The minimum Gasteiger partial charge on any atom is -0.465 e. The predicted octanol–water partition coefficient (Wildman–Crippen LogP) is 5.34. The van der Waals surface area contributed by atoms with E-state index in [2.05, 4.69) is 21.2 Å². The molecule has 1 amide bonds. The molecule has 0 radical (unpaired) electrons. The summed E-state index contributed by atoms with van der Waals surface area (Å²) >= 11 is 4.67. The predicted molar refractivity (Wildman–Crippen MR) is 119 cm³/mol. The molecule has 1 N–H and O–H groups in total. The van der Waals surface area contributed by atoms with Crippen LogP contribution in [-0.2, 0) is 9.53 Å². The minimum absolute atomic E-state index is 0.193. The van der Waals surface area contributed by atoms with Gasteiger partial charge < -0.3 is 19.5 Å². The quantitative estimate of drug-likeness (QED) is 0.389. The van der Waals surface area contributed by atoms with Crippen molar-refractivity contribution in [3.63, 3.8) is 0 Å². The molecule has 30 heavy (non-hydrogen) atoms. The first-order valence-electron chi connectivity index (χ1n) is 8.89. The third kappa shape index (κ3) is 4.24. The molecule has 1 aromatic heterocycles. The fourth-order valence-electron chi connectivity index (χ4n) is 2.94. The molecule has 0 saturated carbocycles. The molecule has 4 rings (SSSR count). The van der Waals surface area contributed by atoms with E-state index in [4.69, 9.17) is 14.2 Å². The number of carbonyl (C=O) groups is 2. The lowest BCUT2D eigenvalue weighted by atomic mass is 10.0. The molecule has 0 atom stereocenters. The van der Waals surface area contributed by atoms with Gasteiger partial charge >= 0.3 is 5.97 Å². The van der Waals surface area contributed by atoms with Crippen LogP contribution in [0, 0.1) is 0 Å². The number of methoxy groups -OCH3 is 1. The fourth-order valence-corrected chi connectivity index (χ4v) is 4.16. The van der Waals surface area contributed by atoms with Gasteiger partial charge in [-0.2, -0.15) is 0 Å². The van der Waals surface area contributed by atoms with Crippen molar-refractivity contribution in [2.45, 2.75) is 0 Å². The zero-order valence-corrected chi connectivity index (χ0v) is 18.2. The van der Waals surface area contributed by atoms with Crippen molar-refractivity contribution in [1.29, 1.82) is 0 Å². The van der Waals surface area contributed by atoms with Gasteiger partial charge in [0, 0.05) is 21.5 Å². The zero-order chi connectivity index (χ0) is 21.1. The number of rotatable bonds is 5. The molecule has 0 bridgehead atoms. The van der Waals surface area contributed by atoms with E-state index in [1.54, 1.807) is 18.2 Å². The average molecular weight is 486 g/mol. The van der Waals surface area contributed by atoms with Crippen LogP contribution in [0.2, 0.25) is 0 Å². The number of hydrogen-bond acceptors (Lipinski definition) is 6. The van der Waals surface area contributed by atoms with Crippen LogP contribution >= 0.6 is 27.3 Å². The maximum Gasteiger partial charge on any atom is 0.341 e. The van der Waals surface area contributed by atoms with Crippen LogP contribution in [0.3, 0.4) is 0 Å². The summed E-state index contributed by atoms with van der Waals surface area (Å²) < 4.78 is 16.5. The molecular weight excluding hydrogens is 470 g/mol. The Balaban J connectivity index is 1.55. The molecule has 0 spiro atoms. The molecule has 1 aliphatic heterocycles. The largest absolute Gasteiger partial charge is 0.465 e. The van der Waals surface area contributed by atoms with Gasteiger partial charge in [-0.1, -0.05) is 34.1 Å². The first-order valence-corrected chi connectivity index (χ1v) is 10.6. The Morgan fingerprint density at radius 3 is 2.67 bits per heavy atom. The summed E-state index contributed by atoms with van der Waals surface area (Å²) in [6.07, 6.45) is 3.07. The van der Waals surface area contributed by atoms with Crippen molar-refractivity contribution in [3.05, 3.63) is 69.5 Å². The van der Waals surface area contributed by atoms with E-state index in [1.807, 2.05) is 35.7 Å². The van der Waals surface area contributed by atoms with Crippen molar-refractivity contribution < 1.29 is 23.8 Å². The highest BCUT2D eigenvalue weighted by Crippen LogP contribution is 2.37. The van der Waals surface area contributed by atoms with E-state index in [1.165, 1.54) is 24.5 Å². The Hall–Kier alpha value is -3.10. The van der Waals surface area contributed by atoms with Crippen LogP contribution < -0.4 is 14.8 Å². The first-order chi connectivity index (χ1) is 14.5. The number of ether oxygens (including phenoxy) is 3.